The first-order valence-corrected chi connectivity index (χ1v) is 12.9. The molecule has 1 amide bonds. The molecule has 1 aromatic carbocycles. The third-order valence-electron chi connectivity index (χ3n) is 6.93. The van der Waals surface area contributed by atoms with Crippen LogP contribution in [0.5, 0.6) is 0 Å². The number of amides is 1. The lowest BCUT2D eigenvalue weighted by Crippen LogP contribution is -2.42. The highest BCUT2D eigenvalue weighted by Gasteiger charge is 2.29. The number of aromatic nitrogens is 2. The number of pyridine rings is 1. The molecule has 1 unspecified atom stereocenters. The van der Waals surface area contributed by atoms with Crippen molar-refractivity contribution >= 4 is 29.3 Å². The number of ether oxygens (including phenoxy) is 1. The van der Waals surface area contributed by atoms with Crippen LogP contribution in [0.4, 0.5) is 5.82 Å². The molecule has 0 aliphatic heterocycles. The van der Waals surface area contributed by atoms with E-state index in [4.69, 9.17) is 9.72 Å². The summed E-state index contributed by atoms with van der Waals surface area (Å²) in [4.78, 5) is 42.0. The van der Waals surface area contributed by atoms with Gasteiger partial charge in [0.05, 0.1) is 18.6 Å². The summed E-state index contributed by atoms with van der Waals surface area (Å²) in [6, 6.07) is 10.8. The minimum atomic E-state index is -0.929. The molecule has 3 N–H and O–H groups in total. The molecule has 9 nitrogen and oxygen atoms in total. The average Bonchev–Trinajstić information content (AvgIpc) is 3.26. The molecule has 0 radical (unpaired) electrons. The summed E-state index contributed by atoms with van der Waals surface area (Å²) < 4.78 is 6.83. The minimum Gasteiger partial charge on any atom is -0.481 e. The van der Waals surface area contributed by atoms with E-state index < -0.39 is 18.0 Å². The smallest absolute Gasteiger partial charge is 0.325 e. The second-order valence-corrected chi connectivity index (χ2v) is 9.47. The van der Waals surface area contributed by atoms with Crippen LogP contribution in [0.3, 0.4) is 0 Å². The fraction of sp³-hybridized carbons (Fsp3) is 0.429. The number of rotatable bonds is 10. The van der Waals surface area contributed by atoms with Crippen LogP contribution in [0.2, 0.25) is 0 Å². The van der Waals surface area contributed by atoms with E-state index in [-0.39, 0.29) is 31.4 Å². The van der Waals surface area contributed by atoms with E-state index in [0.29, 0.717) is 22.7 Å². The van der Waals surface area contributed by atoms with Gasteiger partial charge in [-0.1, -0.05) is 43.5 Å². The fourth-order valence-electron chi connectivity index (χ4n) is 5.11. The molecule has 1 fully saturated rings. The summed E-state index contributed by atoms with van der Waals surface area (Å²) in [7, 11) is 0. The Morgan fingerprint density at radius 2 is 1.89 bits per heavy atom. The van der Waals surface area contributed by atoms with Gasteiger partial charge in [-0.2, -0.15) is 0 Å². The van der Waals surface area contributed by atoms with Crippen LogP contribution < -0.4 is 10.6 Å². The number of nitrogens with one attached hydrogen (secondary N) is 2. The van der Waals surface area contributed by atoms with Gasteiger partial charge in [-0.3, -0.25) is 18.8 Å². The number of anilines is 1. The van der Waals surface area contributed by atoms with Crippen LogP contribution in [0.25, 0.3) is 16.9 Å². The van der Waals surface area contributed by atoms with Crippen LogP contribution in [0.1, 0.15) is 61.4 Å². The van der Waals surface area contributed by atoms with Crippen molar-refractivity contribution in [3.8, 4) is 11.3 Å². The lowest BCUT2D eigenvalue weighted by Gasteiger charge is -2.30. The van der Waals surface area contributed by atoms with Crippen molar-refractivity contribution in [3.05, 3.63) is 53.7 Å². The maximum Gasteiger partial charge on any atom is 0.325 e. The first kappa shape index (κ1) is 26.2. The highest BCUT2D eigenvalue weighted by atomic mass is 16.5. The Morgan fingerprint density at radius 3 is 2.59 bits per heavy atom. The van der Waals surface area contributed by atoms with Crippen LogP contribution in [-0.4, -0.2) is 51.5 Å². The van der Waals surface area contributed by atoms with Gasteiger partial charge in [-0.15, -0.1) is 0 Å². The third kappa shape index (κ3) is 6.10. The van der Waals surface area contributed by atoms with Crippen molar-refractivity contribution in [1.29, 1.82) is 0 Å². The van der Waals surface area contributed by atoms with Gasteiger partial charge in [0.2, 0.25) is 0 Å². The zero-order valence-corrected chi connectivity index (χ0v) is 21.3. The lowest BCUT2D eigenvalue weighted by atomic mass is 9.82. The van der Waals surface area contributed by atoms with Crippen molar-refractivity contribution in [3.63, 3.8) is 0 Å². The van der Waals surface area contributed by atoms with Gasteiger partial charge in [0.25, 0.3) is 5.91 Å². The Hall–Kier alpha value is -3.88. The Kier molecular flexibility index (Phi) is 8.43. The van der Waals surface area contributed by atoms with Gasteiger partial charge in [-0.05, 0) is 50.3 Å². The van der Waals surface area contributed by atoms with Crippen LogP contribution in [0, 0.1) is 12.8 Å². The minimum absolute atomic E-state index is 0.0562. The number of carboxylic acid groups (broad SMARTS) is 1. The van der Waals surface area contributed by atoms with E-state index in [2.05, 4.69) is 10.6 Å². The standard InChI is InChI=1S/C28H34N4O5/c1-3-37-24(35)17-29-27-25(20-13-8-7-10-18(20)2)31-26-21(14-9-15-32(26)27)28(36)30-22(16-23(33)34)19-11-5-4-6-12-19/h7-10,13-15,19,22,29H,3-6,11-12,16-17H2,1-2H3,(H,30,36)(H,33,34). The van der Waals surface area contributed by atoms with E-state index in [1.165, 1.54) is 0 Å². The molecule has 1 aliphatic carbocycles. The van der Waals surface area contributed by atoms with Crippen LogP contribution >= 0.6 is 0 Å². The molecule has 0 saturated heterocycles. The number of esters is 1. The Bertz CT molecular complexity index is 1280. The molecule has 1 aliphatic rings. The number of fused-ring (bicyclic) bond motifs is 1. The summed E-state index contributed by atoms with van der Waals surface area (Å²) in [5, 5.41) is 15.6. The number of aliphatic carboxylic acids is 1. The number of imidazole rings is 1. The molecule has 0 spiro atoms. The highest BCUT2D eigenvalue weighted by molar-refractivity contribution is 6.01. The second kappa shape index (κ2) is 11.9. The van der Waals surface area contributed by atoms with E-state index in [1.54, 1.807) is 29.7 Å². The number of carbonyl (C=O) groups excluding carboxylic acids is 2. The number of nitrogens with zero attached hydrogens (tertiary/aromatic N) is 2. The maximum absolute atomic E-state index is 13.5. The van der Waals surface area contributed by atoms with E-state index in [9.17, 15) is 19.5 Å². The zero-order valence-electron chi connectivity index (χ0n) is 21.3. The van der Waals surface area contributed by atoms with Crippen LogP contribution in [-0.2, 0) is 14.3 Å². The number of benzene rings is 1. The number of aryl methyl sites for hydroxylation is 1. The second-order valence-electron chi connectivity index (χ2n) is 9.47. The lowest BCUT2D eigenvalue weighted by molar-refractivity contribution is -0.141. The van der Waals surface area contributed by atoms with Gasteiger partial charge >= 0.3 is 11.9 Å². The molecule has 1 saturated carbocycles. The summed E-state index contributed by atoms with van der Waals surface area (Å²) in [5.41, 5.74) is 3.23. The molecule has 3 aromatic rings. The topological polar surface area (TPSA) is 122 Å². The number of carbonyl (C=O) groups is 3. The summed E-state index contributed by atoms with van der Waals surface area (Å²) in [6.07, 6.45) is 6.71. The Morgan fingerprint density at radius 1 is 1.14 bits per heavy atom. The highest BCUT2D eigenvalue weighted by Crippen LogP contribution is 2.32. The first-order chi connectivity index (χ1) is 17.9. The molecule has 1 atom stereocenters. The molecule has 196 valence electrons. The summed E-state index contributed by atoms with van der Waals surface area (Å²) in [5.74, 6) is -0.979. The SMILES string of the molecule is CCOC(=O)CNc1c(-c2ccccc2C)nc2c(C(=O)NC(CC(=O)O)C3CCCCC3)cccn12. The van der Waals surface area contributed by atoms with Gasteiger partial charge < -0.3 is 20.5 Å². The van der Waals surface area contributed by atoms with Gasteiger partial charge in [-0.25, -0.2) is 4.98 Å². The number of carboxylic acids is 1. The van der Waals surface area contributed by atoms with Crippen LogP contribution in [0.15, 0.2) is 42.6 Å². The van der Waals surface area contributed by atoms with Crippen molar-refractivity contribution in [2.75, 3.05) is 18.5 Å². The number of hydrogen-bond donors (Lipinski definition) is 3. The predicted octanol–water partition coefficient (Wildman–Crippen LogP) is 4.44. The maximum atomic E-state index is 13.5. The van der Waals surface area contributed by atoms with Crippen molar-refractivity contribution < 1.29 is 24.2 Å². The Labute approximate surface area is 216 Å². The van der Waals surface area contributed by atoms with Gasteiger partial charge in [0.15, 0.2) is 5.65 Å². The van der Waals surface area contributed by atoms with Crippen molar-refractivity contribution in [2.24, 2.45) is 5.92 Å². The van der Waals surface area contributed by atoms with Crippen molar-refractivity contribution in [1.82, 2.24) is 14.7 Å². The fourth-order valence-corrected chi connectivity index (χ4v) is 5.11. The van der Waals surface area contributed by atoms with Gasteiger partial charge in [0, 0.05) is 17.8 Å². The molecular formula is C28H34N4O5. The van der Waals surface area contributed by atoms with E-state index >= 15 is 0 Å². The van der Waals surface area contributed by atoms with Gasteiger partial charge in [0.1, 0.15) is 18.1 Å². The zero-order chi connectivity index (χ0) is 26.4. The molecule has 37 heavy (non-hydrogen) atoms. The normalized spacial score (nSPS) is 14.8. The first-order valence-electron chi connectivity index (χ1n) is 12.9. The molecule has 2 heterocycles. The molecular weight excluding hydrogens is 472 g/mol. The predicted molar refractivity (Wildman–Crippen MR) is 141 cm³/mol. The van der Waals surface area contributed by atoms with Crippen molar-refractivity contribution in [2.45, 2.75) is 58.4 Å². The summed E-state index contributed by atoms with van der Waals surface area (Å²) >= 11 is 0. The van der Waals surface area contributed by atoms with E-state index in [1.807, 2.05) is 31.2 Å². The largest absolute Gasteiger partial charge is 0.481 e. The molecule has 2 aromatic heterocycles. The average molecular weight is 507 g/mol. The monoisotopic (exact) mass is 506 g/mol. The third-order valence-corrected chi connectivity index (χ3v) is 6.93. The number of hydrogen-bond acceptors (Lipinski definition) is 6. The van der Waals surface area contributed by atoms with E-state index in [0.717, 1.165) is 43.2 Å². The Balaban J connectivity index is 1.72. The molecule has 0 bridgehead atoms. The molecule has 4 rings (SSSR count). The summed E-state index contributed by atoms with van der Waals surface area (Å²) in [6.45, 7) is 3.95. The quantitative estimate of drug-likeness (QED) is 0.348. The molecule has 9 heteroatoms.